The smallest absolute Gasteiger partial charge is 0.308 e. The average Bonchev–Trinajstić information content (AvgIpc) is 2.86. The zero-order valence-corrected chi connectivity index (χ0v) is 12.7. The van der Waals surface area contributed by atoms with Crippen LogP contribution in [0.25, 0.3) is 0 Å². The second-order valence-corrected chi connectivity index (χ2v) is 4.66. The van der Waals surface area contributed by atoms with E-state index in [1.54, 1.807) is 10.9 Å². The van der Waals surface area contributed by atoms with Crippen LogP contribution in [0.15, 0.2) is 12.4 Å². The second-order valence-electron chi connectivity index (χ2n) is 4.66. The van der Waals surface area contributed by atoms with E-state index in [2.05, 4.69) is 15.5 Å². The number of hydrogen-bond acceptors (Lipinski definition) is 3. The first kappa shape index (κ1) is 17.5. The lowest BCUT2D eigenvalue weighted by Gasteiger charge is -2.07. The van der Waals surface area contributed by atoms with Gasteiger partial charge in [-0.1, -0.05) is 0 Å². The van der Waals surface area contributed by atoms with Crippen LogP contribution in [0.4, 0.5) is 13.2 Å². The van der Waals surface area contributed by atoms with Crippen LogP contribution in [0.5, 0.6) is 0 Å². The molecule has 0 aliphatic heterocycles. The largest absolute Gasteiger partial charge is 0.435 e. The highest BCUT2D eigenvalue weighted by molar-refractivity contribution is 5.85. The Morgan fingerprint density at radius 3 is 2.33 bits per heavy atom. The molecule has 2 aromatic rings. The first-order valence-electron chi connectivity index (χ1n) is 6.07. The van der Waals surface area contributed by atoms with E-state index in [0.717, 1.165) is 11.3 Å². The number of nitrogens with zero attached hydrogens (tertiary/aromatic N) is 4. The average molecular weight is 324 g/mol. The molecule has 0 aromatic carbocycles. The standard InChI is InChI=1S/C12H16F3N5.ClH/c1-8-9(6-17-20(8)3)4-16-5-10-7-19(2)18-11(10)12(13,14)15;/h6-7,16H,4-5H2,1-3H3;1H. The summed E-state index contributed by atoms with van der Waals surface area (Å²) in [5, 5.41) is 10.5. The van der Waals surface area contributed by atoms with Crippen LogP contribution in [-0.2, 0) is 33.4 Å². The highest BCUT2D eigenvalue weighted by atomic mass is 35.5. The van der Waals surface area contributed by atoms with Crippen LogP contribution in [-0.4, -0.2) is 19.6 Å². The molecule has 0 atom stereocenters. The minimum atomic E-state index is -4.43. The summed E-state index contributed by atoms with van der Waals surface area (Å²) in [5.74, 6) is 0. The van der Waals surface area contributed by atoms with E-state index in [1.807, 2.05) is 14.0 Å². The number of nitrogens with one attached hydrogen (secondary N) is 1. The van der Waals surface area contributed by atoms with Gasteiger partial charge in [0, 0.05) is 50.2 Å². The molecule has 2 heterocycles. The van der Waals surface area contributed by atoms with Gasteiger partial charge in [-0.3, -0.25) is 9.36 Å². The molecule has 118 valence electrons. The Hall–Kier alpha value is -1.54. The van der Waals surface area contributed by atoms with Crippen molar-refractivity contribution in [1.29, 1.82) is 0 Å². The van der Waals surface area contributed by atoms with Crippen LogP contribution in [0.3, 0.4) is 0 Å². The van der Waals surface area contributed by atoms with Crippen molar-refractivity contribution in [3.63, 3.8) is 0 Å². The monoisotopic (exact) mass is 323 g/mol. The molecule has 21 heavy (non-hydrogen) atoms. The number of hydrogen-bond donors (Lipinski definition) is 1. The molecule has 0 saturated heterocycles. The van der Waals surface area contributed by atoms with E-state index in [-0.39, 0.29) is 24.5 Å². The molecular formula is C12H17ClF3N5. The molecule has 5 nitrogen and oxygen atoms in total. The quantitative estimate of drug-likeness (QED) is 0.938. The van der Waals surface area contributed by atoms with Crippen molar-refractivity contribution in [1.82, 2.24) is 24.9 Å². The topological polar surface area (TPSA) is 47.7 Å². The molecule has 0 fully saturated rings. The van der Waals surface area contributed by atoms with E-state index < -0.39 is 11.9 Å². The Bertz CT molecular complexity index is 603. The molecule has 0 bridgehead atoms. The third kappa shape index (κ3) is 3.98. The summed E-state index contributed by atoms with van der Waals surface area (Å²) < 4.78 is 41.2. The molecular weight excluding hydrogens is 307 g/mol. The molecule has 0 spiro atoms. The fourth-order valence-corrected chi connectivity index (χ4v) is 1.96. The van der Waals surface area contributed by atoms with Crippen molar-refractivity contribution in [3.8, 4) is 0 Å². The van der Waals surface area contributed by atoms with Crippen LogP contribution in [0.1, 0.15) is 22.5 Å². The van der Waals surface area contributed by atoms with Crippen molar-refractivity contribution >= 4 is 12.4 Å². The first-order valence-corrected chi connectivity index (χ1v) is 6.07. The lowest BCUT2D eigenvalue weighted by Crippen LogP contribution is -2.17. The molecule has 0 unspecified atom stereocenters. The van der Waals surface area contributed by atoms with Gasteiger partial charge in [0.05, 0.1) is 6.20 Å². The lowest BCUT2D eigenvalue weighted by molar-refractivity contribution is -0.142. The molecule has 1 N–H and O–H groups in total. The van der Waals surface area contributed by atoms with E-state index in [9.17, 15) is 13.2 Å². The van der Waals surface area contributed by atoms with Gasteiger partial charge in [-0.15, -0.1) is 12.4 Å². The summed E-state index contributed by atoms with van der Waals surface area (Å²) >= 11 is 0. The first-order chi connectivity index (χ1) is 9.29. The number of aryl methyl sites for hydroxylation is 2. The summed E-state index contributed by atoms with van der Waals surface area (Å²) in [6, 6.07) is 0. The molecule has 0 aliphatic carbocycles. The maximum atomic E-state index is 12.8. The van der Waals surface area contributed by atoms with Crippen molar-refractivity contribution in [3.05, 3.63) is 34.9 Å². The number of halogens is 4. The summed E-state index contributed by atoms with van der Waals surface area (Å²) in [6.07, 6.45) is -1.34. The van der Waals surface area contributed by atoms with Gasteiger partial charge in [-0.05, 0) is 6.92 Å². The van der Waals surface area contributed by atoms with Crippen LogP contribution in [0, 0.1) is 6.92 Å². The van der Waals surface area contributed by atoms with E-state index in [4.69, 9.17) is 0 Å². The molecule has 0 radical (unpaired) electrons. The summed E-state index contributed by atoms with van der Waals surface area (Å²) in [5.41, 5.74) is 1.25. The van der Waals surface area contributed by atoms with Gasteiger partial charge < -0.3 is 5.32 Å². The van der Waals surface area contributed by atoms with Crippen molar-refractivity contribution in [2.24, 2.45) is 14.1 Å². The predicted molar refractivity (Wildman–Crippen MR) is 73.9 cm³/mol. The highest BCUT2D eigenvalue weighted by Gasteiger charge is 2.36. The maximum absolute atomic E-state index is 12.8. The van der Waals surface area contributed by atoms with E-state index in [0.29, 0.717) is 6.54 Å². The minimum absolute atomic E-state index is 0. The normalized spacial score (nSPS) is 11.5. The fraction of sp³-hybridized carbons (Fsp3) is 0.500. The maximum Gasteiger partial charge on any atom is 0.435 e. The predicted octanol–water partition coefficient (Wildman–Crippen LogP) is 2.19. The van der Waals surface area contributed by atoms with Gasteiger partial charge in [0.1, 0.15) is 0 Å². The minimum Gasteiger partial charge on any atom is -0.308 e. The Morgan fingerprint density at radius 1 is 1.19 bits per heavy atom. The third-order valence-corrected chi connectivity index (χ3v) is 3.14. The zero-order chi connectivity index (χ0) is 14.9. The van der Waals surface area contributed by atoms with Gasteiger partial charge in [0.15, 0.2) is 5.69 Å². The van der Waals surface area contributed by atoms with Gasteiger partial charge in [0.2, 0.25) is 0 Å². The number of aromatic nitrogens is 4. The SMILES string of the molecule is Cc1c(CNCc2cn(C)nc2C(F)(F)F)cnn1C.Cl. The molecule has 0 saturated carbocycles. The lowest BCUT2D eigenvalue weighted by atomic mass is 10.2. The van der Waals surface area contributed by atoms with Crippen LogP contribution < -0.4 is 5.32 Å². The summed E-state index contributed by atoms with van der Waals surface area (Å²) in [7, 11) is 3.30. The Morgan fingerprint density at radius 2 is 1.81 bits per heavy atom. The highest BCUT2D eigenvalue weighted by Crippen LogP contribution is 2.30. The summed E-state index contributed by atoms with van der Waals surface area (Å²) in [4.78, 5) is 0. The van der Waals surface area contributed by atoms with E-state index >= 15 is 0 Å². The van der Waals surface area contributed by atoms with Crippen molar-refractivity contribution in [2.75, 3.05) is 0 Å². The van der Waals surface area contributed by atoms with Gasteiger partial charge in [-0.25, -0.2) is 0 Å². The Kier molecular flexibility index (Phi) is 5.41. The molecule has 2 aromatic heterocycles. The third-order valence-electron chi connectivity index (χ3n) is 3.14. The molecule has 2 rings (SSSR count). The van der Waals surface area contributed by atoms with Crippen LogP contribution in [0.2, 0.25) is 0 Å². The molecule has 9 heteroatoms. The van der Waals surface area contributed by atoms with Gasteiger partial charge >= 0.3 is 6.18 Å². The van der Waals surface area contributed by atoms with Gasteiger partial charge in [-0.2, -0.15) is 23.4 Å². The summed E-state index contributed by atoms with van der Waals surface area (Å²) in [6.45, 7) is 2.48. The number of rotatable bonds is 4. The van der Waals surface area contributed by atoms with Crippen molar-refractivity contribution < 1.29 is 13.2 Å². The van der Waals surface area contributed by atoms with Gasteiger partial charge in [0.25, 0.3) is 0 Å². The number of alkyl halides is 3. The molecule has 0 amide bonds. The van der Waals surface area contributed by atoms with Crippen molar-refractivity contribution in [2.45, 2.75) is 26.2 Å². The zero-order valence-electron chi connectivity index (χ0n) is 11.9. The Labute approximate surface area is 126 Å². The van der Waals surface area contributed by atoms with Crippen LogP contribution >= 0.6 is 12.4 Å². The molecule has 0 aliphatic rings. The fourth-order valence-electron chi connectivity index (χ4n) is 1.96. The second kappa shape index (κ2) is 6.48. The van der Waals surface area contributed by atoms with E-state index in [1.165, 1.54) is 17.9 Å². The Balaban J connectivity index is 0.00000220.